The standard InChI is InChI=1S/C13H9Br2NO2/c14-8-5-6-12(10(15)7-8)16-11-4-2-1-3-9(11)13(17)18/h1-7,16H,(H,17,18). The maximum absolute atomic E-state index is 11.1. The Bertz CT molecular complexity index is 599. The molecular formula is C13H9Br2NO2. The molecule has 0 aliphatic carbocycles. The van der Waals surface area contributed by atoms with Gasteiger partial charge in [0.25, 0.3) is 0 Å². The van der Waals surface area contributed by atoms with E-state index in [0.29, 0.717) is 5.69 Å². The molecule has 0 saturated heterocycles. The minimum absolute atomic E-state index is 0.243. The van der Waals surface area contributed by atoms with Crippen molar-refractivity contribution in [2.75, 3.05) is 5.32 Å². The highest BCUT2D eigenvalue weighted by atomic mass is 79.9. The molecule has 2 N–H and O–H groups in total. The fourth-order valence-corrected chi connectivity index (χ4v) is 2.66. The van der Waals surface area contributed by atoms with E-state index in [2.05, 4.69) is 37.2 Å². The predicted octanol–water partition coefficient (Wildman–Crippen LogP) is 4.65. The van der Waals surface area contributed by atoms with Gasteiger partial charge in [0.05, 0.1) is 16.9 Å². The second-order valence-corrected chi connectivity index (χ2v) is 5.37. The molecule has 2 rings (SSSR count). The van der Waals surface area contributed by atoms with E-state index in [-0.39, 0.29) is 5.56 Å². The van der Waals surface area contributed by atoms with Crippen LogP contribution in [0.5, 0.6) is 0 Å². The van der Waals surface area contributed by atoms with Crippen LogP contribution in [0.4, 0.5) is 11.4 Å². The molecule has 92 valence electrons. The summed E-state index contributed by atoms with van der Waals surface area (Å²) in [5.41, 5.74) is 1.62. The molecule has 0 amide bonds. The van der Waals surface area contributed by atoms with Gasteiger partial charge < -0.3 is 10.4 Å². The summed E-state index contributed by atoms with van der Waals surface area (Å²) in [6.07, 6.45) is 0. The number of carboxylic acids is 1. The zero-order valence-electron chi connectivity index (χ0n) is 9.15. The van der Waals surface area contributed by atoms with Crippen LogP contribution in [0.1, 0.15) is 10.4 Å². The van der Waals surface area contributed by atoms with Crippen LogP contribution in [0.3, 0.4) is 0 Å². The van der Waals surface area contributed by atoms with Gasteiger partial charge in [0.2, 0.25) is 0 Å². The number of carboxylic acid groups (broad SMARTS) is 1. The smallest absolute Gasteiger partial charge is 0.337 e. The Balaban J connectivity index is 2.37. The van der Waals surface area contributed by atoms with Gasteiger partial charge >= 0.3 is 5.97 Å². The van der Waals surface area contributed by atoms with Gasteiger partial charge in [-0.05, 0) is 46.3 Å². The van der Waals surface area contributed by atoms with E-state index in [0.717, 1.165) is 14.6 Å². The summed E-state index contributed by atoms with van der Waals surface area (Å²) >= 11 is 6.79. The molecule has 0 unspecified atom stereocenters. The van der Waals surface area contributed by atoms with E-state index in [9.17, 15) is 4.79 Å². The van der Waals surface area contributed by atoms with Gasteiger partial charge in [-0.3, -0.25) is 0 Å². The SMILES string of the molecule is O=C(O)c1ccccc1Nc1ccc(Br)cc1Br. The van der Waals surface area contributed by atoms with E-state index < -0.39 is 5.97 Å². The van der Waals surface area contributed by atoms with E-state index in [4.69, 9.17) is 5.11 Å². The van der Waals surface area contributed by atoms with Crippen LogP contribution in [0.25, 0.3) is 0 Å². The molecular weight excluding hydrogens is 362 g/mol. The summed E-state index contributed by atoms with van der Waals surface area (Å²) in [7, 11) is 0. The van der Waals surface area contributed by atoms with Crippen molar-refractivity contribution in [2.45, 2.75) is 0 Å². The lowest BCUT2D eigenvalue weighted by atomic mass is 10.1. The molecule has 2 aromatic rings. The van der Waals surface area contributed by atoms with Crippen LogP contribution in [0.2, 0.25) is 0 Å². The molecule has 0 saturated carbocycles. The summed E-state index contributed by atoms with van der Waals surface area (Å²) in [4.78, 5) is 11.1. The van der Waals surface area contributed by atoms with Gasteiger partial charge in [0.1, 0.15) is 0 Å². The third-order valence-corrected chi connectivity index (χ3v) is 3.51. The highest BCUT2D eigenvalue weighted by Crippen LogP contribution is 2.30. The first kappa shape index (κ1) is 13.1. The highest BCUT2D eigenvalue weighted by Gasteiger charge is 2.10. The van der Waals surface area contributed by atoms with Crippen molar-refractivity contribution in [2.24, 2.45) is 0 Å². The lowest BCUT2D eigenvalue weighted by Gasteiger charge is -2.11. The third kappa shape index (κ3) is 2.91. The summed E-state index contributed by atoms with van der Waals surface area (Å²) < 4.78 is 1.81. The molecule has 3 nitrogen and oxygen atoms in total. The summed E-state index contributed by atoms with van der Waals surface area (Å²) in [5, 5.41) is 12.2. The zero-order valence-corrected chi connectivity index (χ0v) is 12.3. The number of benzene rings is 2. The number of carbonyl (C=O) groups is 1. The molecule has 0 aliphatic heterocycles. The van der Waals surface area contributed by atoms with E-state index in [1.165, 1.54) is 0 Å². The molecule has 0 heterocycles. The van der Waals surface area contributed by atoms with Gasteiger partial charge in [-0.25, -0.2) is 4.79 Å². The molecule has 18 heavy (non-hydrogen) atoms. The van der Waals surface area contributed by atoms with Crippen LogP contribution in [-0.4, -0.2) is 11.1 Å². The monoisotopic (exact) mass is 369 g/mol. The molecule has 5 heteroatoms. The molecule has 0 fully saturated rings. The number of nitrogens with one attached hydrogen (secondary N) is 1. The highest BCUT2D eigenvalue weighted by molar-refractivity contribution is 9.11. The molecule has 0 spiro atoms. The first-order valence-corrected chi connectivity index (χ1v) is 6.71. The Hall–Kier alpha value is -1.33. The summed E-state index contributed by atoms with van der Waals surface area (Å²) in [6.45, 7) is 0. The van der Waals surface area contributed by atoms with Crippen molar-refractivity contribution in [3.8, 4) is 0 Å². The summed E-state index contributed by atoms with van der Waals surface area (Å²) in [5.74, 6) is -0.952. The first-order valence-electron chi connectivity index (χ1n) is 5.12. The van der Waals surface area contributed by atoms with Gasteiger partial charge in [-0.15, -0.1) is 0 Å². The average molecular weight is 371 g/mol. The van der Waals surface area contributed by atoms with Crippen LogP contribution < -0.4 is 5.32 Å². The van der Waals surface area contributed by atoms with Gasteiger partial charge in [0, 0.05) is 8.95 Å². The van der Waals surface area contributed by atoms with Crippen LogP contribution in [0.15, 0.2) is 51.4 Å². The quantitative estimate of drug-likeness (QED) is 0.826. The molecule has 0 aromatic heterocycles. The Labute approximate surface area is 121 Å². The Morgan fingerprint density at radius 1 is 1.06 bits per heavy atom. The van der Waals surface area contributed by atoms with Crippen molar-refractivity contribution < 1.29 is 9.90 Å². The fraction of sp³-hybridized carbons (Fsp3) is 0. The zero-order chi connectivity index (χ0) is 13.1. The number of hydrogen-bond donors (Lipinski definition) is 2. The van der Waals surface area contributed by atoms with Crippen molar-refractivity contribution in [1.82, 2.24) is 0 Å². The van der Waals surface area contributed by atoms with Gasteiger partial charge in [0.15, 0.2) is 0 Å². The molecule has 2 aromatic carbocycles. The van der Waals surface area contributed by atoms with Crippen molar-refractivity contribution in [3.63, 3.8) is 0 Å². The number of para-hydroxylation sites is 1. The number of rotatable bonds is 3. The number of hydrogen-bond acceptors (Lipinski definition) is 2. The fourth-order valence-electron chi connectivity index (χ4n) is 1.51. The molecule has 0 bridgehead atoms. The minimum atomic E-state index is -0.952. The summed E-state index contributed by atoms with van der Waals surface area (Å²) in [6, 6.07) is 12.4. The molecule has 0 atom stereocenters. The van der Waals surface area contributed by atoms with Gasteiger partial charge in [-0.1, -0.05) is 28.1 Å². The van der Waals surface area contributed by atoms with Gasteiger partial charge in [-0.2, -0.15) is 0 Å². The lowest BCUT2D eigenvalue weighted by molar-refractivity contribution is 0.0698. The first-order chi connectivity index (χ1) is 8.58. The molecule has 0 radical (unpaired) electrons. The Morgan fingerprint density at radius 2 is 1.78 bits per heavy atom. The minimum Gasteiger partial charge on any atom is -0.478 e. The van der Waals surface area contributed by atoms with E-state index in [1.54, 1.807) is 24.3 Å². The van der Waals surface area contributed by atoms with Crippen molar-refractivity contribution in [1.29, 1.82) is 0 Å². The second-order valence-electron chi connectivity index (χ2n) is 3.60. The van der Waals surface area contributed by atoms with Crippen molar-refractivity contribution >= 4 is 49.2 Å². The van der Waals surface area contributed by atoms with E-state index in [1.807, 2.05) is 18.2 Å². The topological polar surface area (TPSA) is 49.3 Å². The van der Waals surface area contributed by atoms with Crippen molar-refractivity contribution in [3.05, 3.63) is 57.0 Å². The maximum Gasteiger partial charge on any atom is 0.337 e. The maximum atomic E-state index is 11.1. The lowest BCUT2D eigenvalue weighted by Crippen LogP contribution is -2.02. The van der Waals surface area contributed by atoms with Crippen LogP contribution in [-0.2, 0) is 0 Å². The largest absolute Gasteiger partial charge is 0.478 e. The molecule has 0 aliphatic rings. The Kier molecular flexibility index (Phi) is 4.04. The predicted molar refractivity (Wildman–Crippen MR) is 78.5 cm³/mol. The van der Waals surface area contributed by atoms with Crippen LogP contribution >= 0.6 is 31.9 Å². The number of anilines is 2. The van der Waals surface area contributed by atoms with Crippen LogP contribution in [0, 0.1) is 0 Å². The number of aromatic carboxylic acids is 1. The number of halogens is 2. The average Bonchev–Trinajstić information content (AvgIpc) is 2.33. The Morgan fingerprint density at radius 3 is 2.44 bits per heavy atom. The third-order valence-electron chi connectivity index (χ3n) is 2.36. The second kappa shape index (κ2) is 5.54. The van der Waals surface area contributed by atoms with E-state index >= 15 is 0 Å². The normalized spacial score (nSPS) is 10.1.